The topological polar surface area (TPSA) is 23.5 Å². The van der Waals surface area contributed by atoms with E-state index in [9.17, 15) is 0 Å². The van der Waals surface area contributed by atoms with Crippen LogP contribution in [0.5, 0.6) is 0 Å². The van der Waals surface area contributed by atoms with E-state index in [1.54, 1.807) is 0 Å². The average molecular weight is 249 g/mol. The predicted octanol–water partition coefficient (Wildman–Crippen LogP) is 3.23. The number of aryl methyl sites for hydroxylation is 1. The van der Waals surface area contributed by atoms with Crippen LogP contribution in [-0.2, 0) is 13.0 Å². The Hall–Kier alpha value is -0.860. The van der Waals surface area contributed by atoms with Crippen molar-refractivity contribution in [3.63, 3.8) is 0 Å². The lowest BCUT2D eigenvalue weighted by atomic mass is 9.98. The number of aliphatic hydroxyl groups excluding tert-OH is 1. The van der Waals surface area contributed by atoms with Gasteiger partial charge in [-0.1, -0.05) is 37.6 Å². The molecule has 0 aromatic heterocycles. The van der Waals surface area contributed by atoms with Crippen molar-refractivity contribution in [2.45, 2.75) is 52.1 Å². The van der Waals surface area contributed by atoms with Crippen LogP contribution in [0.4, 0.5) is 0 Å². The van der Waals surface area contributed by atoms with Gasteiger partial charge in [0.05, 0.1) is 0 Å². The highest BCUT2D eigenvalue weighted by molar-refractivity contribution is 5.22. The molecular weight excluding hydrogens is 222 g/mol. The second-order valence-corrected chi connectivity index (χ2v) is 5.71. The summed E-state index contributed by atoms with van der Waals surface area (Å²) in [5.74, 6) is 0. The normalized spacial score (nSPS) is 12.1. The lowest BCUT2D eigenvalue weighted by Gasteiger charge is -2.35. The molecule has 0 unspecified atom stereocenters. The number of aliphatic hydroxyl groups is 1. The maximum Gasteiger partial charge on any atom is 0.0448 e. The largest absolute Gasteiger partial charge is 0.396 e. The van der Waals surface area contributed by atoms with Crippen LogP contribution >= 0.6 is 0 Å². The molecule has 102 valence electrons. The standard InChI is InChI=1S/C16H27NO/c1-5-6-14-7-9-15(10-8-14)13-17(4)16(2,3)11-12-18/h7-10,18H,5-6,11-13H2,1-4H3. The number of hydrogen-bond donors (Lipinski definition) is 1. The summed E-state index contributed by atoms with van der Waals surface area (Å²) >= 11 is 0. The minimum atomic E-state index is 0.0385. The first-order valence-corrected chi connectivity index (χ1v) is 6.89. The highest BCUT2D eigenvalue weighted by atomic mass is 16.3. The van der Waals surface area contributed by atoms with Gasteiger partial charge in [-0.25, -0.2) is 0 Å². The van der Waals surface area contributed by atoms with Crippen molar-refractivity contribution in [3.05, 3.63) is 35.4 Å². The molecule has 0 heterocycles. The maximum atomic E-state index is 9.09. The molecule has 2 nitrogen and oxygen atoms in total. The van der Waals surface area contributed by atoms with Crippen molar-refractivity contribution >= 4 is 0 Å². The zero-order chi connectivity index (χ0) is 13.6. The molecule has 0 saturated carbocycles. The van der Waals surface area contributed by atoms with Gasteiger partial charge in [0.25, 0.3) is 0 Å². The van der Waals surface area contributed by atoms with Crippen molar-refractivity contribution < 1.29 is 5.11 Å². The van der Waals surface area contributed by atoms with E-state index in [1.807, 2.05) is 0 Å². The van der Waals surface area contributed by atoms with E-state index >= 15 is 0 Å². The quantitative estimate of drug-likeness (QED) is 0.802. The zero-order valence-electron chi connectivity index (χ0n) is 12.2. The fourth-order valence-corrected chi connectivity index (χ4v) is 2.05. The van der Waals surface area contributed by atoms with Crippen LogP contribution in [0, 0.1) is 0 Å². The van der Waals surface area contributed by atoms with Crippen LogP contribution < -0.4 is 0 Å². The molecule has 0 amide bonds. The molecule has 0 aliphatic rings. The minimum absolute atomic E-state index is 0.0385. The first-order valence-electron chi connectivity index (χ1n) is 6.89. The monoisotopic (exact) mass is 249 g/mol. The van der Waals surface area contributed by atoms with Crippen LogP contribution in [-0.4, -0.2) is 29.2 Å². The van der Waals surface area contributed by atoms with E-state index in [4.69, 9.17) is 5.11 Å². The van der Waals surface area contributed by atoms with E-state index in [2.05, 4.69) is 57.0 Å². The smallest absolute Gasteiger partial charge is 0.0448 e. The molecule has 1 rings (SSSR count). The number of rotatable bonds is 7. The molecule has 0 aliphatic heterocycles. The second kappa shape index (κ2) is 6.91. The highest BCUT2D eigenvalue weighted by Gasteiger charge is 2.22. The summed E-state index contributed by atoms with van der Waals surface area (Å²) in [6.07, 6.45) is 3.16. The molecule has 0 fully saturated rings. The Bertz CT molecular complexity index is 343. The summed E-state index contributed by atoms with van der Waals surface area (Å²) < 4.78 is 0. The van der Waals surface area contributed by atoms with E-state index in [-0.39, 0.29) is 12.1 Å². The Morgan fingerprint density at radius 2 is 1.67 bits per heavy atom. The summed E-state index contributed by atoms with van der Waals surface area (Å²) in [4.78, 5) is 2.30. The molecule has 2 heteroatoms. The van der Waals surface area contributed by atoms with E-state index in [0.717, 1.165) is 19.4 Å². The first-order chi connectivity index (χ1) is 8.49. The van der Waals surface area contributed by atoms with Crippen LogP contribution in [0.1, 0.15) is 44.7 Å². The molecule has 1 aromatic rings. The third kappa shape index (κ3) is 4.43. The van der Waals surface area contributed by atoms with Crippen LogP contribution in [0.15, 0.2) is 24.3 Å². The highest BCUT2D eigenvalue weighted by Crippen LogP contribution is 2.19. The second-order valence-electron chi connectivity index (χ2n) is 5.71. The van der Waals surface area contributed by atoms with Crippen molar-refractivity contribution in [2.75, 3.05) is 13.7 Å². The molecule has 1 aromatic carbocycles. The van der Waals surface area contributed by atoms with Crippen LogP contribution in [0.3, 0.4) is 0 Å². The molecule has 0 radical (unpaired) electrons. The van der Waals surface area contributed by atoms with Crippen molar-refractivity contribution in [3.8, 4) is 0 Å². The van der Waals surface area contributed by atoms with E-state index in [1.165, 1.54) is 17.5 Å². The van der Waals surface area contributed by atoms with Gasteiger partial charge in [0, 0.05) is 18.7 Å². The third-order valence-electron chi connectivity index (χ3n) is 3.74. The molecular formula is C16H27NO. The van der Waals surface area contributed by atoms with Gasteiger partial charge < -0.3 is 5.11 Å². The lowest BCUT2D eigenvalue weighted by Crippen LogP contribution is -2.41. The van der Waals surface area contributed by atoms with Gasteiger partial charge in [0.2, 0.25) is 0 Å². The molecule has 0 saturated heterocycles. The fourth-order valence-electron chi connectivity index (χ4n) is 2.05. The van der Waals surface area contributed by atoms with Crippen molar-refractivity contribution in [1.82, 2.24) is 4.90 Å². The van der Waals surface area contributed by atoms with Gasteiger partial charge in [0.15, 0.2) is 0 Å². The van der Waals surface area contributed by atoms with Crippen molar-refractivity contribution in [2.24, 2.45) is 0 Å². The molecule has 0 atom stereocenters. The maximum absolute atomic E-state index is 9.09. The lowest BCUT2D eigenvalue weighted by molar-refractivity contribution is 0.110. The number of hydrogen-bond acceptors (Lipinski definition) is 2. The SMILES string of the molecule is CCCc1ccc(CN(C)C(C)(C)CCO)cc1. The Labute approximate surface area is 112 Å². The predicted molar refractivity (Wildman–Crippen MR) is 77.7 cm³/mol. The van der Waals surface area contributed by atoms with E-state index in [0.29, 0.717) is 0 Å². The third-order valence-corrected chi connectivity index (χ3v) is 3.74. The molecule has 18 heavy (non-hydrogen) atoms. The minimum Gasteiger partial charge on any atom is -0.396 e. The Morgan fingerprint density at radius 1 is 1.11 bits per heavy atom. The fraction of sp³-hybridized carbons (Fsp3) is 0.625. The molecule has 1 N–H and O–H groups in total. The van der Waals surface area contributed by atoms with Gasteiger partial charge in [-0.05, 0) is 44.9 Å². The summed E-state index contributed by atoms with van der Waals surface area (Å²) in [7, 11) is 2.12. The Balaban J connectivity index is 2.61. The summed E-state index contributed by atoms with van der Waals surface area (Å²) in [5, 5.41) is 9.09. The Morgan fingerprint density at radius 3 is 2.17 bits per heavy atom. The van der Waals surface area contributed by atoms with Crippen molar-refractivity contribution in [1.29, 1.82) is 0 Å². The molecule has 0 aliphatic carbocycles. The van der Waals surface area contributed by atoms with Crippen LogP contribution in [0.25, 0.3) is 0 Å². The molecule has 0 spiro atoms. The molecule has 0 bridgehead atoms. The Kier molecular flexibility index (Phi) is 5.83. The van der Waals surface area contributed by atoms with Gasteiger partial charge in [-0.3, -0.25) is 4.90 Å². The number of benzene rings is 1. The average Bonchev–Trinajstić information content (AvgIpc) is 2.32. The van der Waals surface area contributed by atoms with Gasteiger partial charge in [0.1, 0.15) is 0 Å². The summed E-state index contributed by atoms with van der Waals surface area (Å²) in [6.45, 7) is 7.73. The van der Waals surface area contributed by atoms with Gasteiger partial charge in [-0.15, -0.1) is 0 Å². The van der Waals surface area contributed by atoms with Gasteiger partial charge >= 0.3 is 0 Å². The number of nitrogens with zero attached hydrogens (tertiary/aromatic N) is 1. The zero-order valence-corrected chi connectivity index (χ0v) is 12.2. The van der Waals surface area contributed by atoms with Gasteiger partial charge in [-0.2, -0.15) is 0 Å². The first kappa shape index (κ1) is 15.2. The van der Waals surface area contributed by atoms with E-state index < -0.39 is 0 Å². The summed E-state index contributed by atoms with van der Waals surface area (Å²) in [5.41, 5.74) is 2.79. The summed E-state index contributed by atoms with van der Waals surface area (Å²) in [6, 6.07) is 8.89. The van der Waals surface area contributed by atoms with Crippen LogP contribution in [0.2, 0.25) is 0 Å².